The van der Waals surface area contributed by atoms with Crippen LogP contribution in [-0.2, 0) is 14.7 Å². The molecule has 2 aliphatic heterocycles. The van der Waals surface area contributed by atoms with Crippen molar-refractivity contribution in [2.45, 2.75) is 76.4 Å². The highest BCUT2D eigenvalue weighted by Crippen LogP contribution is 2.68. The predicted octanol–water partition coefficient (Wildman–Crippen LogP) is 5.83. The van der Waals surface area contributed by atoms with Gasteiger partial charge in [0.05, 0.1) is 11.2 Å². The summed E-state index contributed by atoms with van der Waals surface area (Å²) in [4.78, 5) is 0. The van der Waals surface area contributed by atoms with E-state index < -0.39 is 0 Å². The third-order valence-corrected chi connectivity index (χ3v) is 9.95. The van der Waals surface area contributed by atoms with E-state index in [1.165, 1.54) is 43.2 Å². The monoisotopic (exact) mass is 428 g/mol. The van der Waals surface area contributed by atoms with E-state index in [-0.39, 0.29) is 23.7 Å². The van der Waals surface area contributed by atoms with E-state index >= 15 is 0 Å². The van der Waals surface area contributed by atoms with Crippen molar-refractivity contribution in [1.29, 1.82) is 0 Å². The van der Waals surface area contributed by atoms with Crippen molar-refractivity contribution in [2.24, 2.45) is 23.7 Å². The zero-order valence-corrected chi connectivity index (χ0v) is 19.7. The van der Waals surface area contributed by atoms with Crippen molar-refractivity contribution in [3.05, 3.63) is 53.6 Å². The Morgan fingerprint density at radius 1 is 0.719 bits per heavy atom. The van der Waals surface area contributed by atoms with E-state index in [1.807, 2.05) is 0 Å². The normalized spacial score (nSPS) is 37.3. The average Bonchev–Trinajstić information content (AvgIpc) is 2.97. The van der Waals surface area contributed by atoms with Gasteiger partial charge in [-0.25, -0.2) is 0 Å². The molecule has 4 heteroatoms. The number of fused-ring (bicyclic) bond motifs is 2. The fourth-order valence-electron chi connectivity index (χ4n) is 8.05. The molecule has 2 aromatic carbocycles. The Balaban J connectivity index is 1.40. The van der Waals surface area contributed by atoms with Crippen molar-refractivity contribution in [2.75, 3.05) is 0 Å². The molecule has 6 aliphatic rings. The first-order valence-corrected chi connectivity index (χ1v) is 12.6. The lowest BCUT2D eigenvalue weighted by atomic mass is 9.41. The van der Waals surface area contributed by atoms with Crippen molar-refractivity contribution in [3.63, 3.8) is 0 Å². The molecule has 0 atom stereocenters. The largest absolute Gasteiger partial charge is 0.494 e. The highest BCUT2D eigenvalue weighted by Gasteiger charge is 2.61. The Morgan fingerprint density at radius 2 is 1.31 bits per heavy atom. The second-order valence-electron chi connectivity index (χ2n) is 12.1. The SMILES string of the molecule is CC1(C)OB(c2ccc3c(c2)C2(c4ccccc4O3)C3CC4CC(C3)CC2C4)OC1(C)C. The van der Waals surface area contributed by atoms with Crippen LogP contribution in [0.2, 0.25) is 0 Å². The molecule has 166 valence electrons. The molecule has 8 rings (SSSR count). The minimum Gasteiger partial charge on any atom is -0.457 e. The summed E-state index contributed by atoms with van der Waals surface area (Å²) in [5.41, 5.74) is 3.33. The summed E-state index contributed by atoms with van der Waals surface area (Å²) in [6.45, 7) is 8.52. The number of rotatable bonds is 1. The molecule has 0 aromatic heterocycles. The molecule has 0 unspecified atom stereocenters. The standard InChI is InChI=1S/C28H33BO3/c1-26(2)27(3,4)32-29(31-26)21-9-10-25-23(16-21)28(22-7-5-6-8-24(22)30-25)19-12-17-11-18(14-19)15-20(28)13-17/h5-10,16-20H,11-15H2,1-4H3. The van der Waals surface area contributed by atoms with Gasteiger partial charge in [-0.2, -0.15) is 0 Å². The Labute approximate surface area is 192 Å². The highest BCUT2D eigenvalue weighted by atomic mass is 16.7. The van der Waals surface area contributed by atoms with Gasteiger partial charge < -0.3 is 14.0 Å². The highest BCUT2D eigenvalue weighted by molar-refractivity contribution is 6.62. The summed E-state index contributed by atoms with van der Waals surface area (Å²) < 4.78 is 19.4. The van der Waals surface area contributed by atoms with E-state index in [9.17, 15) is 0 Å². The number of ether oxygens (including phenoxy) is 1. The Morgan fingerprint density at radius 3 is 1.97 bits per heavy atom. The van der Waals surface area contributed by atoms with Gasteiger partial charge in [0.1, 0.15) is 11.5 Å². The quantitative estimate of drug-likeness (QED) is 0.535. The van der Waals surface area contributed by atoms with Crippen LogP contribution in [0.3, 0.4) is 0 Å². The van der Waals surface area contributed by atoms with Gasteiger partial charge >= 0.3 is 7.12 Å². The Hall–Kier alpha value is -1.78. The summed E-state index contributed by atoms with van der Waals surface area (Å²) >= 11 is 0. The van der Waals surface area contributed by atoms with Crippen molar-refractivity contribution in [1.82, 2.24) is 0 Å². The lowest BCUT2D eigenvalue weighted by Crippen LogP contribution is -2.57. The van der Waals surface area contributed by atoms with Crippen LogP contribution < -0.4 is 10.2 Å². The zero-order valence-electron chi connectivity index (χ0n) is 19.7. The zero-order chi connectivity index (χ0) is 21.9. The van der Waals surface area contributed by atoms with Crippen molar-refractivity contribution < 1.29 is 14.0 Å². The van der Waals surface area contributed by atoms with Gasteiger partial charge in [0.15, 0.2) is 0 Å². The minimum absolute atomic E-state index is 0.0667. The first-order valence-electron chi connectivity index (χ1n) is 12.6. The lowest BCUT2D eigenvalue weighted by Gasteiger charge is -2.63. The van der Waals surface area contributed by atoms with Crippen LogP contribution >= 0.6 is 0 Å². The van der Waals surface area contributed by atoms with Gasteiger partial charge in [0, 0.05) is 16.5 Å². The predicted molar refractivity (Wildman–Crippen MR) is 126 cm³/mol. The first kappa shape index (κ1) is 19.7. The Kier molecular flexibility index (Phi) is 3.82. The van der Waals surface area contributed by atoms with Gasteiger partial charge in [-0.05, 0) is 101 Å². The fraction of sp³-hybridized carbons (Fsp3) is 0.571. The van der Waals surface area contributed by atoms with Crippen LogP contribution in [0.25, 0.3) is 0 Å². The van der Waals surface area contributed by atoms with Gasteiger partial charge in [-0.3, -0.25) is 0 Å². The molecule has 4 aliphatic carbocycles. The van der Waals surface area contributed by atoms with E-state index in [0.717, 1.165) is 28.8 Å². The molecule has 0 amide bonds. The van der Waals surface area contributed by atoms with E-state index in [2.05, 4.69) is 70.2 Å². The fourth-order valence-corrected chi connectivity index (χ4v) is 8.05. The lowest BCUT2D eigenvalue weighted by molar-refractivity contribution is -0.0452. The summed E-state index contributed by atoms with van der Waals surface area (Å²) in [6, 6.07) is 15.6. The van der Waals surface area contributed by atoms with Crippen LogP contribution in [0.15, 0.2) is 42.5 Å². The van der Waals surface area contributed by atoms with Gasteiger partial charge in [-0.15, -0.1) is 0 Å². The van der Waals surface area contributed by atoms with E-state index in [0.29, 0.717) is 11.8 Å². The molecule has 5 fully saturated rings. The molecule has 3 nitrogen and oxygen atoms in total. The molecule has 1 spiro atoms. The first-order chi connectivity index (χ1) is 15.3. The molecular weight excluding hydrogens is 395 g/mol. The second kappa shape index (κ2) is 6.21. The van der Waals surface area contributed by atoms with E-state index in [4.69, 9.17) is 14.0 Å². The summed E-state index contributed by atoms with van der Waals surface area (Å²) in [7, 11) is -0.337. The Bertz CT molecular complexity index is 1060. The maximum absolute atomic E-state index is 6.53. The third-order valence-electron chi connectivity index (χ3n) is 9.95. The topological polar surface area (TPSA) is 27.7 Å². The summed E-state index contributed by atoms with van der Waals surface area (Å²) in [6.07, 6.45) is 6.91. The van der Waals surface area contributed by atoms with Crippen LogP contribution in [0, 0.1) is 23.7 Å². The molecular formula is C28H33BO3. The summed E-state index contributed by atoms with van der Waals surface area (Å²) in [5.74, 6) is 5.36. The van der Waals surface area contributed by atoms with E-state index in [1.54, 1.807) is 0 Å². The third kappa shape index (κ3) is 2.41. The molecule has 4 bridgehead atoms. The van der Waals surface area contributed by atoms with Crippen LogP contribution in [-0.4, -0.2) is 18.3 Å². The number of para-hydroxylation sites is 1. The smallest absolute Gasteiger partial charge is 0.457 e. The van der Waals surface area contributed by atoms with Gasteiger partial charge in [-0.1, -0.05) is 30.3 Å². The van der Waals surface area contributed by atoms with Crippen LogP contribution in [0.5, 0.6) is 11.5 Å². The van der Waals surface area contributed by atoms with Gasteiger partial charge in [0.25, 0.3) is 0 Å². The minimum atomic E-state index is -0.337. The molecule has 1 saturated heterocycles. The van der Waals surface area contributed by atoms with Crippen molar-refractivity contribution >= 4 is 12.6 Å². The molecule has 0 radical (unpaired) electrons. The van der Waals surface area contributed by atoms with Crippen molar-refractivity contribution in [3.8, 4) is 11.5 Å². The molecule has 2 heterocycles. The maximum Gasteiger partial charge on any atom is 0.494 e. The molecule has 0 N–H and O–H groups in total. The summed E-state index contributed by atoms with van der Waals surface area (Å²) in [5, 5.41) is 0. The second-order valence-corrected chi connectivity index (χ2v) is 12.1. The number of benzene rings is 2. The van der Waals surface area contributed by atoms with Crippen LogP contribution in [0.1, 0.15) is 70.9 Å². The number of hydrogen-bond acceptors (Lipinski definition) is 3. The molecule has 2 aromatic rings. The van der Waals surface area contributed by atoms with Gasteiger partial charge in [0.2, 0.25) is 0 Å². The number of hydrogen-bond donors (Lipinski definition) is 0. The van der Waals surface area contributed by atoms with Crippen LogP contribution in [0.4, 0.5) is 0 Å². The molecule has 4 saturated carbocycles. The average molecular weight is 428 g/mol. The molecule has 32 heavy (non-hydrogen) atoms. The maximum atomic E-state index is 6.53.